The Labute approximate surface area is 140 Å². The Balaban J connectivity index is 2.20. The third-order valence-corrected chi connectivity index (χ3v) is 3.79. The van der Waals surface area contributed by atoms with Crippen molar-refractivity contribution >= 4 is 0 Å². The maximum atomic E-state index is 9.24. The lowest BCUT2D eigenvalue weighted by Gasteiger charge is -2.12. The number of rotatable bonds is 4. The summed E-state index contributed by atoms with van der Waals surface area (Å²) in [5.74, 6) is 1.37. The lowest BCUT2D eigenvalue weighted by Crippen LogP contribution is -2.00. The Morgan fingerprint density at radius 3 is 2.38 bits per heavy atom. The van der Waals surface area contributed by atoms with Crippen LogP contribution in [0.4, 0.5) is 0 Å². The number of aryl methyl sites for hydroxylation is 1. The molecule has 0 saturated carbocycles. The quantitative estimate of drug-likeness (QED) is 0.735. The summed E-state index contributed by atoms with van der Waals surface area (Å²) in [4.78, 5) is 0. The highest BCUT2D eigenvalue weighted by atomic mass is 16.5. The topological polar surface area (TPSA) is 60.1 Å². The Kier molecular flexibility index (Phi) is 4.21. The first-order valence-corrected chi connectivity index (χ1v) is 7.46. The summed E-state index contributed by atoms with van der Waals surface area (Å²) in [5, 5.41) is 13.6. The molecule has 3 aromatic rings. The van der Waals surface area contributed by atoms with Gasteiger partial charge in [-0.05, 0) is 31.2 Å². The second-order valence-corrected chi connectivity index (χ2v) is 5.34. The fraction of sp³-hybridized carbons (Fsp3) is 0.158. The molecule has 0 radical (unpaired) electrons. The van der Waals surface area contributed by atoms with E-state index >= 15 is 0 Å². The summed E-state index contributed by atoms with van der Waals surface area (Å²) >= 11 is 0. The number of ether oxygens (including phenoxy) is 2. The van der Waals surface area contributed by atoms with Crippen LogP contribution in [0.2, 0.25) is 0 Å². The molecule has 0 atom stereocenters. The molecule has 0 aliphatic heterocycles. The van der Waals surface area contributed by atoms with Gasteiger partial charge in [0, 0.05) is 17.7 Å². The van der Waals surface area contributed by atoms with E-state index < -0.39 is 0 Å². The number of nitrogens with zero attached hydrogens (tertiary/aromatic N) is 3. The normalized spacial score (nSPS) is 10.2. The highest BCUT2D eigenvalue weighted by molar-refractivity contribution is 5.71. The molecular weight excluding hydrogens is 302 g/mol. The Morgan fingerprint density at radius 2 is 1.75 bits per heavy atom. The van der Waals surface area contributed by atoms with Crippen molar-refractivity contribution in [2.45, 2.75) is 6.92 Å². The maximum Gasteiger partial charge on any atom is 0.163 e. The molecule has 0 saturated heterocycles. The van der Waals surface area contributed by atoms with Crippen LogP contribution in [-0.4, -0.2) is 24.0 Å². The van der Waals surface area contributed by atoms with Crippen LogP contribution in [0.15, 0.2) is 48.5 Å². The van der Waals surface area contributed by atoms with Crippen molar-refractivity contribution in [3.05, 3.63) is 59.8 Å². The number of methoxy groups -OCH3 is 2. The van der Waals surface area contributed by atoms with Crippen molar-refractivity contribution < 1.29 is 9.47 Å². The van der Waals surface area contributed by atoms with Gasteiger partial charge in [0.1, 0.15) is 17.6 Å². The van der Waals surface area contributed by atoms with Crippen LogP contribution in [0.25, 0.3) is 16.9 Å². The lowest BCUT2D eigenvalue weighted by molar-refractivity contribution is 0.395. The number of aromatic nitrogens is 2. The van der Waals surface area contributed by atoms with Gasteiger partial charge in [0.25, 0.3) is 0 Å². The van der Waals surface area contributed by atoms with Crippen molar-refractivity contribution in [3.63, 3.8) is 0 Å². The maximum absolute atomic E-state index is 9.24. The largest absolute Gasteiger partial charge is 0.497 e. The first-order chi connectivity index (χ1) is 11.7. The molecular formula is C19H17N3O2. The Morgan fingerprint density at radius 1 is 1.00 bits per heavy atom. The molecule has 0 spiro atoms. The lowest BCUT2D eigenvalue weighted by atomic mass is 10.1. The van der Waals surface area contributed by atoms with Crippen LogP contribution in [0.3, 0.4) is 0 Å². The van der Waals surface area contributed by atoms with Crippen molar-refractivity contribution in [1.82, 2.24) is 9.78 Å². The van der Waals surface area contributed by atoms with Crippen molar-refractivity contribution in [1.29, 1.82) is 5.26 Å². The van der Waals surface area contributed by atoms with Crippen molar-refractivity contribution in [2.75, 3.05) is 14.2 Å². The molecule has 3 rings (SSSR count). The van der Waals surface area contributed by atoms with E-state index in [0.717, 1.165) is 22.5 Å². The van der Waals surface area contributed by atoms with Crippen molar-refractivity contribution in [3.8, 4) is 34.5 Å². The summed E-state index contributed by atoms with van der Waals surface area (Å²) < 4.78 is 12.5. The number of hydrogen-bond acceptors (Lipinski definition) is 4. The van der Waals surface area contributed by atoms with Gasteiger partial charge in [-0.1, -0.05) is 17.7 Å². The molecule has 0 unspecified atom stereocenters. The fourth-order valence-corrected chi connectivity index (χ4v) is 2.52. The van der Waals surface area contributed by atoms with E-state index in [4.69, 9.17) is 9.47 Å². The summed E-state index contributed by atoms with van der Waals surface area (Å²) in [6.45, 7) is 2.03. The van der Waals surface area contributed by atoms with Crippen LogP contribution < -0.4 is 9.47 Å². The predicted octanol–water partition coefficient (Wildman–Crippen LogP) is 3.74. The summed E-state index contributed by atoms with van der Waals surface area (Å²) in [5.41, 5.74) is 4.02. The molecule has 120 valence electrons. The Hall–Kier alpha value is -3.26. The third kappa shape index (κ3) is 2.82. The SMILES string of the molecule is COc1ccc(-c2cc(C#N)nn2-c2ccc(C)cc2)c(OC)c1. The first-order valence-electron chi connectivity index (χ1n) is 7.46. The van der Waals surface area contributed by atoms with E-state index in [1.807, 2.05) is 49.4 Å². The monoisotopic (exact) mass is 319 g/mol. The van der Waals surface area contributed by atoms with E-state index in [0.29, 0.717) is 17.2 Å². The van der Waals surface area contributed by atoms with E-state index in [9.17, 15) is 5.26 Å². The van der Waals surface area contributed by atoms with Gasteiger partial charge in [0.15, 0.2) is 5.69 Å². The van der Waals surface area contributed by atoms with Gasteiger partial charge in [0.05, 0.1) is 25.6 Å². The first kappa shape index (κ1) is 15.6. The van der Waals surface area contributed by atoms with E-state index in [1.165, 1.54) is 0 Å². The predicted molar refractivity (Wildman–Crippen MR) is 91.6 cm³/mol. The van der Waals surface area contributed by atoms with Crippen LogP contribution in [0, 0.1) is 18.3 Å². The molecule has 0 bridgehead atoms. The molecule has 5 heteroatoms. The number of hydrogen-bond donors (Lipinski definition) is 0. The van der Waals surface area contributed by atoms with Crippen LogP contribution in [0.1, 0.15) is 11.3 Å². The van der Waals surface area contributed by atoms with Gasteiger partial charge in [-0.3, -0.25) is 0 Å². The molecule has 24 heavy (non-hydrogen) atoms. The molecule has 0 N–H and O–H groups in total. The second-order valence-electron chi connectivity index (χ2n) is 5.34. The summed E-state index contributed by atoms with van der Waals surface area (Å²) in [7, 11) is 3.22. The zero-order chi connectivity index (χ0) is 17.1. The van der Waals surface area contributed by atoms with E-state index in [2.05, 4.69) is 11.2 Å². The minimum absolute atomic E-state index is 0.350. The Bertz CT molecular complexity index is 905. The van der Waals surface area contributed by atoms with Crippen molar-refractivity contribution in [2.24, 2.45) is 0 Å². The number of nitriles is 1. The molecule has 1 heterocycles. The minimum atomic E-state index is 0.350. The average Bonchev–Trinajstić information content (AvgIpc) is 3.06. The van der Waals surface area contributed by atoms with E-state index in [1.54, 1.807) is 25.0 Å². The van der Waals surface area contributed by atoms with Gasteiger partial charge in [-0.25, -0.2) is 4.68 Å². The zero-order valence-electron chi connectivity index (χ0n) is 13.8. The number of benzene rings is 2. The van der Waals surface area contributed by atoms with Gasteiger partial charge in [-0.2, -0.15) is 10.4 Å². The molecule has 0 amide bonds. The van der Waals surface area contributed by atoms with Gasteiger partial charge in [-0.15, -0.1) is 0 Å². The van der Waals surface area contributed by atoms with Crippen LogP contribution in [-0.2, 0) is 0 Å². The molecule has 2 aromatic carbocycles. The van der Waals surface area contributed by atoms with Crippen LogP contribution >= 0.6 is 0 Å². The second kappa shape index (κ2) is 6.47. The van der Waals surface area contributed by atoms with Crippen LogP contribution in [0.5, 0.6) is 11.5 Å². The van der Waals surface area contributed by atoms with Gasteiger partial charge < -0.3 is 9.47 Å². The fourth-order valence-electron chi connectivity index (χ4n) is 2.52. The third-order valence-electron chi connectivity index (χ3n) is 3.79. The van der Waals surface area contributed by atoms with Gasteiger partial charge in [0.2, 0.25) is 0 Å². The van der Waals surface area contributed by atoms with E-state index in [-0.39, 0.29) is 0 Å². The smallest absolute Gasteiger partial charge is 0.163 e. The molecule has 5 nitrogen and oxygen atoms in total. The molecule has 1 aromatic heterocycles. The summed E-state index contributed by atoms with van der Waals surface area (Å²) in [6.07, 6.45) is 0. The standard InChI is InChI=1S/C19H17N3O2/c1-13-4-6-15(7-5-13)22-18(10-14(12-20)21-22)17-9-8-16(23-2)11-19(17)24-3/h4-11H,1-3H3. The molecule has 0 aliphatic rings. The highest BCUT2D eigenvalue weighted by Gasteiger charge is 2.16. The van der Waals surface area contributed by atoms with Gasteiger partial charge >= 0.3 is 0 Å². The highest BCUT2D eigenvalue weighted by Crippen LogP contribution is 2.34. The molecule has 0 aliphatic carbocycles. The molecule has 0 fully saturated rings. The zero-order valence-corrected chi connectivity index (χ0v) is 13.8. The summed E-state index contributed by atoms with van der Waals surface area (Å²) in [6, 6.07) is 17.4. The minimum Gasteiger partial charge on any atom is -0.497 e. The average molecular weight is 319 g/mol.